The van der Waals surface area contributed by atoms with Crippen LogP contribution in [0.5, 0.6) is 0 Å². The first-order valence-electron chi connectivity index (χ1n) is 6.67. The fourth-order valence-corrected chi connectivity index (χ4v) is 2.88. The molecule has 3 aromatic carbocycles. The van der Waals surface area contributed by atoms with Crippen LogP contribution < -0.4 is 6.15 Å². The van der Waals surface area contributed by atoms with Crippen molar-refractivity contribution in [3.8, 4) is 0 Å². The predicted molar refractivity (Wildman–Crippen MR) is 90.1 cm³/mol. The lowest BCUT2D eigenvalue weighted by molar-refractivity contribution is 0.879. The molecule has 0 amide bonds. The van der Waals surface area contributed by atoms with Gasteiger partial charge in [0.1, 0.15) is 4.87 Å². The Morgan fingerprint density at radius 1 is 0.476 bits per heavy atom. The van der Waals surface area contributed by atoms with Gasteiger partial charge in [0.2, 0.25) is 0 Å². The average molecular weight is 296 g/mol. The molecule has 0 radical (unpaired) electrons. The van der Waals surface area contributed by atoms with E-state index in [0.29, 0.717) is 0 Å². The largest absolute Gasteiger partial charge is 0.344 e. The maximum absolute atomic E-state index is 7.12. The molecule has 0 saturated heterocycles. The number of alkyl halides is 1. The summed E-state index contributed by atoms with van der Waals surface area (Å²) in [4.78, 5) is -0.649. The van der Waals surface area contributed by atoms with Crippen molar-refractivity contribution in [3.63, 3.8) is 0 Å². The third-order valence-corrected chi connectivity index (χ3v) is 4.17. The molecule has 0 fully saturated rings. The van der Waals surface area contributed by atoms with E-state index < -0.39 is 4.87 Å². The fraction of sp³-hybridized carbons (Fsp3) is 0.0526. The normalized spacial score (nSPS) is 10.7. The minimum atomic E-state index is -0.649. The molecule has 0 unspecified atom stereocenters. The van der Waals surface area contributed by atoms with Gasteiger partial charge in [-0.15, -0.1) is 11.6 Å². The summed E-state index contributed by atoms with van der Waals surface area (Å²) in [6, 6.07) is 30.6. The van der Waals surface area contributed by atoms with Crippen LogP contribution in [0.4, 0.5) is 0 Å². The van der Waals surface area contributed by atoms with Gasteiger partial charge in [0.25, 0.3) is 0 Å². The minimum Gasteiger partial charge on any atom is -0.344 e. The number of hydrogen-bond acceptors (Lipinski definition) is 1. The SMILES string of the molecule is ClC(c1ccccc1)(c1ccccc1)c1ccccc1.N. The minimum absolute atomic E-state index is 0. The van der Waals surface area contributed by atoms with Gasteiger partial charge >= 0.3 is 0 Å². The van der Waals surface area contributed by atoms with Gasteiger partial charge in [-0.1, -0.05) is 91.0 Å². The van der Waals surface area contributed by atoms with Gasteiger partial charge in [-0.2, -0.15) is 0 Å². The van der Waals surface area contributed by atoms with E-state index in [1.807, 2.05) is 54.6 Å². The van der Waals surface area contributed by atoms with Gasteiger partial charge < -0.3 is 6.15 Å². The summed E-state index contributed by atoms with van der Waals surface area (Å²) in [7, 11) is 0. The summed E-state index contributed by atoms with van der Waals surface area (Å²) in [5.74, 6) is 0. The molecule has 1 nitrogen and oxygen atoms in total. The Morgan fingerprint density at radius 2 is 0.714 bits per heavy atom. The Balaban J connectivity index is 0.00000161. The Kier molecular flexibility index (Phi) is 4.79. The molecule has 0 bridgehead atoms. The molecule has 0 aliphatic carbocycles. The predicted octanol–water partition coefficient (Wildman–Crippen LogP) is 5.38. The molecule has 21 heavy (non-hydrogen) atoms. The van der Waals surface area contributed by atoms with E-state index in [4.69, 9.17) is 11.6 Å². The zero-order valence-corrected chi connectivity index (χ0v) is 12.5. The molecule has 0 atom stereocenters. The van der Waals surface area contributed by atoms with Crippen molar-refractivity contribution in [2.75, 3.05) is 0 Å². The molecule has 0 saturated carbocycles. The maximum atomic E-state index is 7.12. The van der Waals surface area contributed by atoms with Crippen molar-refractivity contribution in [1.82, 2.24) is 6.15 Å². The summed E-state index contributed by atoms with van der Waals surface area (Å²) in [5.41, 5.74) is 3.25. The number of benzene rings is 3. The molecule has 3 rings (SSSR count). The summed E-state index contributed by atoms with van der Waals surface area (Å²) in [6.45, 7) is 0. The van der Waals surface area contributed by atoms with Crippen molar-refractivity contribution >= 4 is 11.6 Å². The molecule has 2 heteroatoms. The Hall–Kier alpha value is -2.09. The Labute approximate surface area is 130 Å². The molecule has 3 aromatic rings. The third kappa shape index (κ3) is 2.85. The quantitative estimate of drug-likeness (QED) is 0.511. The first-order valence-corrected chi connectivity index (χ1v) is 7.05. The van der Waals surface area contributed by atoms with E-state index in [-0.39, 0.29) is 6.15 Å². The smallest absolute Gasteiger partial charge is 0.119 e. The highest BCUT2D eigenvalue weighted by Gasteiger charge is 2.33. The van der Waals surface area contributed by atoms with Crippen LogP contribution in [0.1, 0.15) is 16.7 Å². The van der Waals surface area contributed by atoms with Crippen LogP contribution in [0.15, 0.2) is 91.0 Å². The number of hydrogen-bond donors (Lipinski definition) is 1. The molecule has 0 spiro atoms. The highest BCUT2D eigenvalue weighted by atomic mass is 35.5. The monoisotopic (exact) mass is 295 g/mol. The van der Waals surface area contributed by atoms with Gasteiger partial charge in [-0.25, -0.2) is 0 Å². The van der Waals surface area contributed by atoms with Crippen molar-refractivity contribution in [3.05, 3.63) is 108 Å². The Bertz CT molecular complexity index is 569. The van der Waals surface area contributed by atoms with E-state index in [2.05, 4.69) is 36.4 Å². The summed E-state index contributed by atoms with van der Waals surface area (Å²) in [6.07, 6.45) is 0. The maximum Gasteiger partial charge on any atom is 0.119 e. The number of rotatable bonds is 3. The molecular formula is C19H18ClN. The lowest BCUT2D eigenvalue weighted by atomic mass is 9.84. The van der Waals surface area contributed by atoms with Crippen LogP contribution in [0.25, 0.3) is 0 Å². The number of halogens is 1. The first-order chi connectivity index (χ1) is 9.82. The van der Waals surface area contributed by atoms with Crippen LogP contribution in [-0.4, -0.2) is 0 Å². The van der Waals surface area contributed by atoms with Crippen molar-refractivity contribution in [1.29, 1.82) is 0 Å². The molecule has 0 aliphatic heterocycles. The van der Waals surface area contributed by atoms with E-state index in [1.165, 1.54) is 0 Å². The Morgan fingerprint density at radius 3 is 0.952 bits per heavy atom. The molecule has 0 heterocycles. The van der Waals surface area contributed by atoms with Crippen molar-refractivity contribution < 1.29 is 0 Å². The van der Waals surface area contributed by atoms with Gasteiger partial charge in [-0.3, -0.25) is 0 Å². The molecule has 0 aliphatic rings. The molecule has 106 valence electrons. The second-order valence-corrected chi connectivity index (χ2v) is 5.32. The average Bonchev–Trinajstić information content (AvgIpc) is 2.56. The van der Waals surface area contributed by atoms with Gasteiger partial charge in [0.15, 0.2) is 0 Å². The highest BCUT2D eigenvalue weighted by Crippen LogP contribution is 2.42. The van der Waals surface area contributed by atoms with Gasteiger partial charge in [-0.05, 0) is 16.7 Å². The van der Waals surface area contributed by atoms with E-state index in [1.54, 1.807) is 0 Å². The zero-order valence-electron chi connectivity index (χ0n) is 11.7. The molecule has 3 N–H and O–H groups in total. The highest BCUT2D eigenvalue weighted by molar-refractivity contribution is 6.28. The van der Waals surface area contributed by atoms with Gasteiger partial charge in [0.05, 0.1) is 0 Å². The van der Waals surface area contributed by atoms with Crippen LogP contribution in [0.2, 0.25) is 0 Å². The second-order valence-electron chi connectivity index (χ2n) is 4.76. The second kappa shape index (κ2) is 6.57. The van der Waals surface area contributed by atoms with Crippen LogP contribution in [0.3, 0.4) is 0 Å². The van der Waals surface area contributed by atoms with Crippen molar-refractivity contribution in [2.24, 2.45) is 0 Å². The summed E-state index contributed by atoms with van der Waals surface area (Å²) >= 11 is 7.12. The third-order valence-electron chi connectivity index (χ3n) is 3.51. The molecule has 0 aromatic heterocycles. The van der Waals surface area contributed by atoms with E-state index in [0.717, 1.165) is 16.7 Å². The lowest BCUT2D eigenvalue weighted by Crippen LogP contribution is -2.22. The van der Waals surface area contributed by atoms with E-state index >= 15 is 0 Å². The van der Waals surface area contributed by atoms with Gasteiger partial charge in [0, 0.05) is 0 Å². The van der Waals surface area contributed by atoms with Crippen molar-refractivity contribution in [2.45, 2.75) is 4.87 Å². The van der Waals surface area contributed by atoms with Crippen LogP contribution >= 0.6 is 11.6 Å². The van der Waals surface area contributed by atoms with E-state index in [9.17, 15) is 0 Å². The zero-order chi connectivity index (χ0) is 13.8. The van der Waals surface area contributed by atoms with Crippen LogP contribution in [0, 0.1) is 0 Å². The lowest BCUT2D eigenvalue weighted by Gasteiger charge is -2.29. The van der Waals surface area contributed by atoms with Crippen LogP contribution in [-0.2, 0) is 4.87 Å². The standard InChI is InChI=1S/C19H15Cl.H3N/c20-19(16-10-4-1-5-11-16,17-12-6-2-7-13-17)18-14-8-3-9-15-18;/h1-15H;1H3. The summed E-state index contributed by atoms with van der Waals surface area (Å²) < 4.78 is 0. The molecular weight excluding hydrogens is 278 g/mol. The fourth-order valence-electron chi connectivity index (χ4n) is 2.50. The first kappa shape index (κ1) is 15.3. The summed E-state index contributed by atoms with van der Waals surface area (Å²) in [5, 5.41) is 0. The topological polar surface area (TPSA) is 35.0 Å².